The van der Waals surface area contributed by atoms with Gasteiger partial charge in [-0.15, -0.1) is 0 Å². The van der Waals surface area contributed by atoms with Gasteiger partial charge in [-0.1, -0.05) is 23.7 Å². The standard InChI is InChI=1S/C11H6ClFN2O3/c12-10-6(5-16)9(11(17)18)14-15(10)8-4-2-1-3-7(8)13/h1-5H,(H,17,18). The van der Waals surface area contributed by atoms with Crippen molar-refractivity contribution in [3.8, 4) is 5.69 Å². The minimum absolute atomic E-state index is 0.0295. The van der Waals surface area contributed by atoms with Crippen LogP contribution in [-0.4, -0.2) is 27.1 Å². The van der Waals surface area contributed by atoms with Crippen LogP contribution in [0, 0.1) is 5.82 Å². The lowest BCUT2D eigenvalue weighted by Gasteiger charge is -2.03. The Morgan fingerprint density at radius 1 is 1.44 bits per heavy atom. The molecule has 0 saturated carbocycles. The van der Waals surface area contributed by atoms with Crippen molar-refractivity contribution in [1.29, 1.82) is 0 Å². The van der Waals surface area contributed by atoms with Crippen LogP contribution in [0.5, 0.6) is 0 Å². The highest BCUT2D eigenvalue weighted by Crippen LogP contribution is 2.23. The Kier molecular flexibility index (Phi) is 3.12. The lowest BCUT2D eigenvalue weighted by molar-refractivity contribution is 0.0687. The van der Waals surface area contributed by atoms with Crippen LogP contribution in [0.3, 0.4) is 0 Å². The topological polar surface area (TPSA) is 72.2 Å². The first kappa shape index (κ1) is 12.3. The monoisotopic (exact) mass is 268 g/mol. The third kappa shape index (κ3) is 1.86. The highest BCUT2D eigenvalue weighted by atomic mass is 35.5. The van der Waals surface area contributed by atoms with Crippen molar-refractivity contribution < 1.29 is 19.1 Å². The van der Waals surface area contributed by atoms with Gasteiger partial charge in [0.15, 0.2) is 12.0 Å². The molecule has 0 fully saturated rings. The van der Waals surface area contributed by atoms with Gasteiger partial charge in [0.25, 0.3) is 0 Å². The number of carbonyl (C=O) groups is 2. The molecule has 0 unspecified atom stereocenters. The van der Waals surface area contributed by atoms with Crippen LogP contribution in [-0.2, 0) is 0 Å². The smallest absolute Gasteiger partial charge is 0.357 e. The third-order valence-corrected chi connectivity index (χ3v) is 2.63. The summed E-state index contributed by atoms with van der Waals surface area (Å²) in [5.41, 5.74) is -0.830. The van der Waals surface area contributed by atoms with Gasteiger partial charge >= 0.3 is 5.97 Å². The number of aromatic carboxylic acids is 1. The van der Waals surface area contributed by atoms with E-state index in [-0.39, 0.29) is 22.7 Å². The molecule has 0 amide bonds. The van der Waals surface area contributed by atoms with Crippen LogP contribution in [0.25, 0.3) is 5.69 Å². The molecule has 0 radical (unpaired) electrons. The molecule has 1 aromatic carbocycles. The Morgan fingerprint density at radius 2 is 2.11 bits per heavy atom. The van der Waals surface area contributed by atoms with Gasteiger partial charge in [0.2, 0.25) is 0 Å². The van der Waals surface area contributed by atoms with Gasteiger partial charge in [-0.2, -0.15) is 5.10 Å². The van der Waals surface area contributed by atoms with Crippen LogP contribution in [0.1, 0.15) is 20.8 Å². The molecule has 1 aromatic heterocycles. The van der Waals surface area contributed by atoms with Crippen molar-refractivity contribution >= 4 is 23.9 Å². The van der Waals surface area contributed by atoms with E-state index in [1.165, 1.54) is 24.3 Å². The Balaban J connectivity index is 2.70. The Morgan fingerprint density at radius 3 is 2.61 bits per heavy atom. The molecule has 2 aromatic rings. The van der Waals surface area contributed by atoms with Gasteiger partial charge < -0.3 is 5.11 Å². The summed E-state index contributed by atoms with van der Waals surface area (Å²) in [6.07, 6.45) is 0.274. The number of carbonyl (C=O) groups excluding carboxylic acids is 1. The lowest BCUT2D eigenvalue weighted by Crippen LogP contribution is -2.03. The third-order valence-electron chi connectivity index (χ3n) is 2.26. The first-order chi connectivity index (χ1) is 8.56. The Labute approximate surface area is 105 Å². The SMILES string of the molecule is O=Cc1c(C(=O)O)nn(-c2ccccc2F)c1Cl. The van der Waals surface area contributed by atoms with Gasteiger partial charge in [0.05, 0.1) is 5.56 Å². The summed E-state index contributed by atoms with van der Waals surface area (Å²) in [6.45, 7) is 0. The van der Waals surface area contributed by atoms with Gasteiger partial charge in [-0.25, -0.2) is 13.9 Å². The van der Waals surface area contributed by atoms with Crippen molar-refractivity contribution in [2.24, 2.45) is 0 Å². The maximum absolute atomic E-state index is 13.5. The number of halogens is 2. The molecule has 0 aliphatic rings. The van der Waals surface area contributed by atoms with Crippen molar-refractivity contribution in [3.63, 3.8) is 0 Å². The maximum atomic E-state index is 13.5. The number of hydrogen-bond acceptors (Lipinski definition) is 3. The molecule has 0 aliphatic heterocycles. The number of rotatable bonds is 3. The molecule has 0 saturated heterocycles. The molecule has 1 N–H and O–H groups in total. The van der Waals surface area contributed by atoms with Crippen LogP contribution in [0.15, 0.2) is 24.3 Å². The van der Waals surface area contributed by atoms with Crippen LogP contribution >= 0.6 is 11.6 Å². The zero-order chi connectivity index (χ0) is 13.3. The Bertz CT molecular complexity index is 639. The number of aromatic nitrogens is 2. The summed E-state index contributed by atoms with van der Waals surface area (Å²) < 4.78 is 14.4. The second-order valence-corrected chi connectivity index (χ2v) is 3.70. The summed E-state index contributed by atoms with van der Waals surface area (Å²) in [6, 6.07) is 5.55. The molecule has 92 valence electrons. The fourth-order valence-corrected chi connectivity index (χ4v) is 1.72. The van der Waals surface area contributed by atoms with Crippen LogP contribution < -0.4 is 0 Å². The number of hydrogen-bond donors (Lipinski definition) is 1. The zero-order valence-electron chi connectivity index (χ0n) is 8.80. The molecule has 0 spiro atoms. The van der Waals surface area contributed by atoms with E-state index in [2.05, 4.69) is 5.10 Å². The first-order valence-electron chi connectivity index (χ1n) is 4.78. The molecule has 0 aliphatic carbocycles. The van der Waals surface area contributed by atoms with Crippen molar-refractivity contribution in [1.82, 2.24) is 9.78 Å². The zero-order valence-corrected chi connectivity index (χ0v) is 9.56. The Hall–Kier alpha value is -2.21. The second kappa shape index (κ2) is 4.58. The fourth-order valence-electron chi connectivity index (χ4n) is 1.46. The van der Waals surface area contributed by atoms with E-state index < -0.39 is 17.5 Å². The van der Waals surface area contributed by atoms with Crippen molar-refractivity contribution in [2.45, 2.75) is 0 Å². The van der Waals surface area contributed by atoms with E-state index in [0.717, 1.165) is 4.68 Å². The fraction of sp³-hybridized carbons (Fsp3) is 0. The second-order valence-electron chi connectivity index (χ2n) is 3.34. The number of carboxylic acid groups (broad SMARTS) is 1. The van der Waals surface area contributed by atoms with Crippen LogP contribution in [0.2, 0.25) is 5.15 Å². The van der Waals surface area contributed by atoms with Crippen molar-refractivity contribution in [3.05, 3.63) is 46.5 Å². The molecule has 0 atom stereocenters. The molecule has 7 heteroatoms. The van der Waals surface area contributed by atoms with E-state index >= 15 is 0 Å². The molecule has 1 heterocycles. The van der Waals surface area contributed by atoms with Gasteiger partial charge in [-0.3, -0.25) is 4.79 Å². The average Bonchev–Trinajstić information content (AvgIpc) is 2.67. The normalized spacial score (nSPS) is 10.3. The summed E-state index contributed by atoms with van der Waals surface area (Å²) in [7, 11) is 0. The molecular formula is C11H6ClFN2O3. The number of carboxylic acids is 1. The predicted octanol–water partition coefficient (Wildman–Crippen LogP) is 2.18. The van der Waals surface area contributed by atoms with E-state index in [9.17, 15) is 14.0 Å². The summed E-state index contributed by atoms with van der Waals surface area (Å²) in [4.78, 5) is 21.7. The first-order valence-corrected chi connectivity index (χ1v) is 5.16. The largest absolute Gasteiger partial charge is 0.476 e. The summed E-state index contributed by atoms with van der Waals surface area (Å²) >= 11 is 5.82. The minimum Gasteiger partial charge on any atom is -0.476 e. The van der Waals surface area contributed by atoms with E-state index in [4.69, 9.17) is 16.7 Å². The number of para-hydroxylation sites is 1. The van der Waals surface area contributed by atoms with E-state index in [1.807, 2.05) is 0 Å². The van der Waals surface area contributed by atoms with Crippen molar-refractivity contribution in [2.75, 3.05) is 0 Å². The molecule has 2 rings (SSSR count). The van der Waals surface area contributed by atoms with Crippen LogP contribution in [0.4, 0.5) is 4.39 Å². The van der Waals surface area contributed by atoms with E-state index in [1.54, 1.807) is 0 Å². The number of benzene rings is 1. The highest BCUT2D eigenvalue weighted by molar-refractivity contribution is 6.32. The molecule has 18 heavy (non-hydrogen) atoms. The number of nitrogens with zero attached hydrogens (tertiary/aromatic N) is 2. The van der Waals surface area contributed by atoms with Gasteiger partial charge in [-0.05, 0) is 12.1 Å². The number of aldehydes is 1. The van der Waals surface area contributed by atoms with E-state index in [0.29, 0.717) is 0 Å². The maximum Gasteiger partial charge on any atom is 0.357 e. The average molecular weight is 269 g/mol. The minimum atomic E-state index is -1.41. The highest BCUT2D eigenvalue weighted by Gasteiger charge is 2.22. The van der Waals surface area contributed by atoms with Gasteiger partial charge in [0.1, 0.15) is 16.7 Å². The molecule has 0 bridgehead atoms. The lowest BCUT2D eigenvalue weighted by atomic mass is 10.3. The molecular weight excluding hydrogens is 263 g/mol. The molecule has 5 nitrogen and oxygen atoms in total. The quantitative estimate of drug-likeness (QED) is 0.866. The summed E-state index contributed by atoms with van der Waals surface area (Å²) in [5.74, 6) is -2.04. The summed E-state index contributed by atoms with van der Waals surface area (Å²) in [5, 5.41) is 12.2. The predicted molar refractivity (Wildman–Crippen MR) is 60.9 cm³/mol. The van der Waals surface area contributed by atoms with Gasteiger partial charge in [0, 0.05) is 0 Å².